The highest BCUT2D eigenvalue weighted by atomic mass is 16.5. The van der Waals surface area contributed by atoms with Gasteiger partial charge < -0.3 is 15.0 Å². The van der Waals surface area contributed by atoms with E-state index in [1.807, 2.05) is 37.1 Å². The minimum absolute atomic E-state index is 0.0224. The van der Waals surface area contributed by atoms with Crippen LogP contribution >= 0.6 is 0 Å². The number of hydrogen-bond donors (Lipinski definition) is 1. The van der Waals surface area contributed by atoms with E-state index >= 15 is 0 Å². The van der Waals surface area contributed by atoms with Crippen molar-refractivity contribution >= 4 is 5.91 Å². The Morgan fingerprint density at radius 1 is 1.25 bits per heavy atom. The van der Waals surface area contributed by atoms with Crippen LogP contribution < -0.4 is 5.32 Å². The largest absolute Gasteiger partial charge is 0.379 e. The molecule has 5 heteroatoms. The summed E-state index contributed by atoms with van der Waals surface area (Å²) in [4.78, 5) is 17.4. The smallest absolute Gasteiger partial charge is 0.227 e. The zero-order chi connectivity index (χ0) is 17.4. The molecule has 2 unspecified atom stereocenters. The first kappa shape index (κ1) is 18.9. The Morgan fingerprint density at radius 2 is 1.92 bits per heavy atom. The third-order valence-corrected chi connectivity index (χ3v) is 4.57. The quantitative estimate of drug-likeness (QED) is 0.785. The maximum absolute atomic E-state index is 13.0. The van der Waals surface area contributed by atoms with E-state index in [0.717, 1.165) is 32.8 Å². The molecular weight excluding hydrogens is 302 g/mol. The molecule has 1 aliphatic rings. The third-order valence-electron chi connectivity index (χ3n) is 4.57. The predicted octanol–water partition coefficient (Wildman–Crippen LogP) is 1.59. The fraction of sp³-hybridized carbons (Fsp3) is 0.632. The molecule has 2 atom stereocenters. The standard InChI is InChI=1S/C19H31N3O2/c1-16(13-20-3)19(23)22(15-18-7-5-4-6-8-18)17(2)14-21-9-11-24-12-10-21/h4-8,16-17,20H,9-15H2,1-3H3. The van der Waals surface area contributed by atoms with Crippen LogP contribution in [0, 0.1) is 5.92 Å². The van der Waals surface area contributed by atoms with Gasteiger partial charge in [-0.05, 0) is 19.5 Å². The highest BCUT2D eigenvalue weighted by molar-refractivity contribution is 5.79. The van der Waals surface area contributed by atoms with E-state index in [2.05, 4.69) is 29.3 Å². The Balaban J connectivity index is 2.06. The van der Waals surface area contributed by atoms with Gasteiger partial charge in [-0.1, -0.05) is 37.3 Å². The maximum atomic E-state index is 13.0. The number of hydrogen-bond acceptors (Lipinski definition) is 4. The molecule has 1 heterocycles. The van der Waals surface area contributed by atoms with E-state index in [1.165, 1.54) is 5.56 Å². The molecule has 0 radical (unpaired) electrons. The molecule has 0 aliphatic carbocycles. The van der Waals surface area contributed by atoms with Crippen molar-refractivity contribution in [2.75, 3.05) is 46.4 Å². The van der Waals surface area contributed by atoms with E-state index in [4.69, 9.17) is 4.74 Å². The molecule has 1 N–H and O–H groups in total. The molecule has 1 amide bonds. The number of morpholine rings is 1. The van der Waals surface area contributed by atoms with Crippen molar-refractivity contribution in [3.63, 3.8) is 0 Å². The number of nitrogens with zero attached hydrogens (tertiary/aromatic N) is 2. The van der Waals surface area contributed by atoms with Gasteiger partial charge in [0.1, 0.15) is 0 Å². The summed E-state index contributed by atoms with van der Waals surface area (Å²) >= 11 is 0. The first-order valence-electron chi connectivity index (χ1n) is 8.91. The second-order valence-electron chi connectivity index (χ2n) is 6.67. The van der Waals surface area contributed by atoms with Gasteiger partial charge in [0.05, 0.1) is 13.2 Å². The fourth-order valence-electron chi connectivity index (χ4n) is 3.16. The number of carbonyl (C=O) groups excluding carboxylic acids is 1. The van der Waals surface area contributed by atoms with Crippen LogP contribution in [0.2, 0.25) is 0 Å². The zero-order valence-electron chi connectivity index (χ0n) is 15.2. The van der Waals surface area contributed by atoms with Crippen molar-refractivity contribution in [2.45, 2.75) is 26.4 Å². The first-order chi connectivity index (χ1) is 11.6. The number of benzene rings is 1. The molecule has 1 aliphatic heterocycles. The van der Waals surface area contributed by atoms with Crippen LogP contribution in [0.15, 0.2) is 30.3 Å². The second-order valence-corrected chi connectivity index (χ2v) is 6.67. The van der Waals surface area contributed by atoms with E-state index in [1.54, 1.807) is 0 Å². The molecule has 1 aromatic carbocycles. The fourth-order valence-corrected chi connectivity index (χ4v) is 3.16. The van der Waals surface area contributed by atoms with Crippen LogP contribution in [0.25, 0.3) is 0 Å². The van der Waals surface area contributed by atoms with Crippen molar-refractivity contribution in [1.82, 2.24) is 15.1 Å². The molecule has 24 heavy (non-hydrogen) atoms. The van der Waals surface area contributed by atoms with Crippen molar-refractivity contribution in [2.24, 2.45) is 5.92 Å². The summed E-state index contributed by atoms with van der Waals surface area (Å²) in [7, 11) is 1.89. The average Bonchev–Trinajstić information content (AvgIpc) is 2.61. The van der Waals surface area contributed by atoms with Gasteiger partial charge >= 0.3 is 0 Å². The van der Waals surface area contributed by atoms with Gasteiger partial charge in [-0.15, -0.1) is 0 Å². The van der Waals surface area contributed by atoms with Crippen molar-refractivity contribution in [3.8, 4) is 0 Å². The molecule has 134 valence electrons. The summed E-state index contributed by atoms with van der Waals surface area (Å²) in [5.41, 5.74) is 1.18. The number of carbonyl (C=O) groups is 1. The van der Waals surface area contributed by atoms with Gasteiger partial charge in [-0.2, -0.15) is 0 Å². The Bertz CT molecular complexity index is 489. The summed E-state index contributed by atoms with van der Waals surface area (Å²) in [5.74, 6) is 0.194. The number of rotatable bonds is 8. The van der Waals surface area contributed by atoms with Crippen LogP contribution in [-0.2, 0) is 16.1 Å². The van der Waals surface area contributed by atoms with E-state index in [9.17, 15) is 4.79 Å². The van der Waals surface area contributed by atoms with Gasteiger partial charge in [-0.25, -0.2) is 0 Å². The summed E-state index contributed by atoms with van der Waals surface area (Å²) in [6, 6.07) is 10.4. The maximum Gasteiger partial charge on any atom is 0.227 e. The van der Waals surface area contributed by atoms with Crippen molar-refractivity contribution in [1.29, 1.82) is 0 Å². The second kappa shape index (κ2) is 9.77. The summed E-state index contributed by atoms with van der Waals surface area (Å²) < 4.78 is 5.42. The molecule has 1 saturated heterocycles. The molecule has 0 spiro atoms. The summed E-state index contributed by atoms with van der Waals surface area (Å²) in [5, 5.41) is 3.11. The van der Waals surface area contributed by atoms with E-state index < -0.39 is 0 Å². The Morgan fingerprint density at radius 3 is 2.54 bits per heavy atom. The Kier molecular flexibility index (Phi) is 7.69. The van der Waals surface area contributed by atoms with Gasteiger partial charge in [-0.3, -0.25) is 9.69 Å². The van der Waals surface area contributed by atoms with Crippen LogP contribution in [0.5, 0.6) is 0 Å². The minimum Gasteiger partial charge on any atom is -0.379 e. The number of amides is 1. The molecule has 0 aromatic heterocycles. The number of nitrogens with one attached hydrogen (secondary N) is 1. The topological polar surface area (TPSA) is 44.8 Å². The van der Waals surface area contributed by atoms with Gasteiger partial charge in [0.15, 0.2) is 0 Å². The third kappa shape index (κ3) is 5.58. The average molecular weight is 333 g/mol. The minimum atomic E-state index is -0.0224. The predicted molar refractivity (Wildman–Crippen MR) is 96.8 cm³/mol. The normalized spacial score (nSPS) is 18.1. The lowest BCUT2D eigenvalue weighted by Crippen LogP contribution is -2.49. The van der Waals surface area contributed by atoms with Crippen LogP contribution in [0.1, 0.15) is 19.4 Å². The van der Waals surface area contributed by atoms with Gasteiger partial charge in [0.25, 0.3) is 0 Å². The molecule has 0 bridgehead atoms. The molecule has 1 aromatic rings. The lowest BCUT2D eigenvalue weighted by molar-refractivity contribution is -0.138. The molecular formula is C19H31N3O2. The van der Waals surface area contributed by atoms with Crippen molar-refractivity contribution in [3.05, 3.63) is 35.9 Å². The number of ether oxygens (including phenoxy) is 1. The zero-order valence-corrected chi connectivity index (χ0v) is 15.2. The Labute approximate surface area is 146 Å². The van der Waals surface area contributed by atoms with Crippen LogP contribution in [0.3, 0.4) is 0 Å². The molecule has 0 saturated carbocycles. The first-order valence-corrected chi connectivity index (χ1v) is 8.91. The lowest BCUT2D eigenvalue weighted by atomic mass is 10.1. The van der Waals surface area contributed by atoms with Crippen LogP contribution in [-0.4, -0.2) is 68.2 Å². The van der Waals surface area contributed by atoms with Gasteiger partial charge in [0.2, 0.25) is 5.91 Å². The highest BCUT2D eigenvalue weighted by Crippen LogP contribution is 2.14. The van der Waals surface area contributed by atoms with E-state index in [-0.39, 0.29) is 17.9 Å². The SMILES string of the molecule is CNCC(C)C(=O)N(Cc1ccccc1)C(C)CN1CCOCC1. The highest BCUT2D eigenvalue weighted by Gasteiger charge is 2.26. The summed E-state index contributed by atoms with van der Waals surface area (Å²) in [6.45, 7) is 9.89. The summed E-state index contributed by atoms with van der Waals surface area (Å²) in [6.07, 6.45) is 0. The molecule has 1 fully saturated rings. The lowest BCUT2D eigenvalue weighted by Gasteiger charge is -2.36. The molecule has 2 rings (SSSR count). The Hall–Kier alpha value is -1.43. The van der Waals surface area contributed by atoms with Crippen LogP contribution in [0.4, 0.5) is 0 Å². The monoisotopic (exact) mass is 333 g/mol. The van der Waals surface area contributed by atoms with Gasteiger partial charge in [0, 0.05) is 44.7 Å². The molecule has 5 nitrogen and oxygen atoms in total. The van der Waals surface area contributed by atoms with E-state index in [0.29, 0.717) is 13.1 Å². The van der Waals surface area contributed by atoms with Crippen molar-refractivity contribution < 1.29 is 9.53 Å².